The van der Waals surface area contributed by atoms with Gasteiger partial charge >= 0.3 is 0 Å². The van der Waals surface area contributed by atoms with Crippen molar-refractivity contribution >= 4 is 23.2 Å². The Morgan fingerprint density at radius 3 is 2.50 bits per heavy atom. The SMILES string of the molecule is CC(=O)c1nnn(-c2ccc(Cl)cc2)c1N. The number of carbonyl (C=O) groups excluding carboxylic acids is 1. The van der Waals surface area contributed by atoms with Gasteiger partial charge in [-0.15, -0.1) is 5.10 Å². The predicted octanol–water partition coefficient (Wildman–Crippen LogP) is 1.71. The first-order chi connectivity index (χ1) is 7.59. The van der Waals surface area contributed by atoms with Gasteiger partial charge in [-0.25, -0.2) is 0 Å². The molecular weight excluding hydrogens is 228 g/mol. The molecule has 2 aromatic rings. The summed E-state index contributed by atoms with van der Waals surface area (Å²) in [5.41, 5.74) is 6.64. The van der Waals surface area contributed by atoms with E-state index < -0.39 is 0 Å². The van der Waals surface area contributed by atoms with Gasteiger partial charge in [-0.05, 0) is 24.3 Å². The number of halogens is 1. The fraction of sp³-hybridized carbons (Fsp3) is 0.100. The molecule has 0 atom stereocenters. The minimum atomic E-state index is -0.210. The summed E-state index contributed by atoms with van der Waals surface area (Å²) in [6.07, 6.45) is 0. The molecule has 0 aliphatic carbocycles. The summed E-state index contributed by atoms with van der Waals surface area (Å²) in [6, 6.07) is 6.92. The lowest BCUT2D eigenvalue weighted by atomic mass is 10.3. The number of nitrogens with zero attached hydrogens (tertiary/aromatic N) is 3. The normalized spacial score (nSPS) is 10.4. The lowest BCUT2D eigenvalue weighted by Crippen LogP contribution is -2.04. The average Bonchev–Trinajstić information content (AvgIpc) is 2.61. The number of nitrogens with two attached hydrogens (primary N) is 1. The van der Waals surface area contributed by atoms with E-state index in [1.54, 1.807) is 24.3 Å². The van der Waals surface area contributed by atoms with Crippen LogP contribution in [-0.2, 0) is 0 Å². The Morgan fingerprint density at radius 1 is 1.38 bits per heavy atom. The van der Waals surface area contributed by atoms with Gasteiger partial charge in [0.25, 0.3) is 0 Å². The maximum Gasteiger partial charge on any atom is 0.183 e. The summed E-state index contributed by atoms with van der Waals surface area (Å²) in [7, 11) is 0. The third-order valence-corrected chi connectivity index (χ3v) is 2.36. The van der Waals surface area contributed by atoms with E-state index >= 15 is 0 Å². The second kappa shape index (κ2) is 3.94. The predicted molar refractivity (Wildman–Crippen MR) is 60.8 cm³/mol. The Morgan fingerprint density at radius 2 is 2.00 bits per heavy atom. The van der Waals surface area contributed by atoms with Gasteiger partial charge in [0.15, 0.2) is 17.3 Å². The standard InChI is InChI=1S/C10H9ClN4O/c1-6(16)9-10(12)15(14-13-9)8-4-2-7(11)3-5-8/h2-5H,12H2,1H3. The first-order valence-corrected chi connectivity index (χ1v) is 4.95. The monoisotopic (exact) mass is 236 g/mol. The van der Waals surface area contributed by atoms with E-state index in [-0.39, 0.29) is 17.3 Å². The molecule has 5 nitrogen and oxygen atoms in total. The largest absolute Gasteiger partial charge is 0.382 e. The number of ketones is 1. The zero-order valence-electron chi connectivity index (χ0n) is 8.51. The molecule has 2 N–H and O–H groups in total. The van der Waals surface area contributed by atoms with Crippen molar-refractivity contribution in [3.8, 4) is 5.69 Å². The molecule has 82 valence electrons. The minimum Gasteiger partial charge on any atom is -0.382 e. The van der Waals surface area contributed by atoms with Crippen molar-refractivity contribution in [2.45, 2.75) is 6.92 Å². The van der Waals surface area contributed by atoms with Crippen molar-refractivity contribution in [2.24, 2.45) is 0 Å². The molecule has 0 unspecified atom stereocenters. The van der Waals surface area contributed by atoms with Gasteiger partial charge in [-0.3, -0.25) is 4.79 Å². The summed E-state index contributed by atoms with van der Waals surface area (Å²) in [5, 5.41) is 8.15. The lowest BCUT2D eigenvalue weighted by Gasteiger charge is -2.02. The van der Waals surface area contributed by atoms with Gasteiger partial charge in [0.1, 0.15) is 0 Å². The van der Waals surface area contributed by atoms with Crippen LogP contribution >= 0.6 is 11.6 Å². The highest BCUT2D eigenvalue weighted by Gasteiger charge is 2.14. The topological polar surface area (TPSA) is 73.8 Å². The number of hydrogen-bond acceptors (Lipinski definition) is 4. The van der Waals surface area contributed by atoms with Gasteiger partial charge in [0.05, 0.1) is 5.69 Å². The number of nitrogen functional groups attached to an aromatic ring is 1. The van der Waals surface area contributed by atoms with Crippen LogP contribution < -0.4 is 5.73 Å². The smallest absolute Gasteiger partial charge is 0.183 e. The van der Waals surface area contributed by atoms with Crippen LogP contribution in [0.25, 0.3) is 5.69 Å². The van der Waals surface area contributed by atoms with Crippen molar-refractivity contribution in [1.29, 1.82) is 0 Å². The molecule has 0 saturated carbocycles. The van der Waals surface area contributed by atoms with Crippen molar-refractivity contribution in [3.63, 3.8) is 0 Å². The van der Waals surface area contributed by atoms with Gasteiger partial charge in [-0.1, -0.05) is 16.8 Å². The number of aromatic nitrogens is 3. The third kappa shape index (κ3) is 1.77. The Hall–Kier alpha value is -1.88. The minimum absolute atomic E-state index is 0.176. The van der Waals surface area contributed by atoms with Gasteiger partial charge in [0, 0.05) is 11.9 Å². The number of anilines is 1. The second-order valence-electron chi connectivity index (χ2n) is 3.27. The molecule has 0 fully saturated rings. The summed E-state index contributed by atoms with van der Waals surface area (Å²) in [5.74, 6) is 0.0209. The number of benzene rings is 1. The Bertz CT molecular complexity index is 532. The summed E-state index contributed by atoms with van der Waals surface area (Å²) >= 11 is 5.76. The van der Waals surface area contributed by atoms with E-state index in [1.807, 2.05) is 0 Å². The van der Waals surface area contributed by atoms with E-state index in [9.17, 15) is 4.79 Å². The highest BCUT2D eigenvalue weighted by atomic mass is 35.5. The van der Waals surface area contributed by atoms with E-state index in [0.29, 0.717) is 10.7 Å². The van der Waals surface area contributed by atoms with Crippen LogP contribution in [0.15, 0.2) is 24.3 Å². The molecule has 0 amide bonds. The molecule has 0 bridgehead atoms. The number of hydrogen-bond donors (Lipinski definition) is 1. The highest BCUT2D eigenvalue weighted by molar-refractivity contribution is 6.30. The van der Waals surface area contributed by atoms with Crippen LogP contribution in [0.2, 0.25) is 5.02 Å². The number of carbonyl (C=O) groups is 1. The third-order valence-electron chi connectivity index (χ3n) is 2.11. The van der Waals surface area contributed by atoms with Crippen molar-refractivity contribution in [2.75, 3.05) is 5.73 Å². The maximum atomic E-state index is 11.1. The number of rotatable bonds is 2. The molecule has 0 saturated heterocycles. The first-order valence-electron chi connectivity index (χ1n) is 4.57. The molecule has 6 heteroatoms. The molecule has 1 aromatic heterocycles. The van der Waals surface area contributed by atoms with Crippen LogP contribution in [0.3, 0.4) is 0 Å². The van der Waals surface area contributed by atoms with Crippen molar-refractivity contribution < 1.29 is 4.79 Å². The summed E-state index contributed by atoms with van der Waals surface area (Å²) in [6.45, 7) is 1.40. The molecule has 0 spiro atoms. The molecule has 0 aliphatic heterocycles. The fourth-order valence-electron chi connectivity index (χ4n) is 1.31. The van der Waals surface area contributed by atoms with Gasteiger partial charge in [0.2, 0.25) is 0 Å². The zero-order valence-corrected chi connectivity index (χ0v) is 9.27. The summed E-state index contributed by atoms with van der Waals surface area (Å²) in [4.78, 5) is 11.1. The summed E-state index contributed by atoms with van der Waals surface area (Å²) < 4.78 is 1.40. The van der Waals surface area contributed by atoms with E-state index in [1.165, 1.54) is 11.6 Å². The zero-order chi connectivity index (χ0) is 11.7. The molecule has 0 aliphatic rings. The van der Waals surface area contributed by atoms with E-state index in [4.69, 9.17) is 17.3 Å². The average molecular weight is 237 g/mol. The second-order valence-corrected chi connectivity index (χ2v) is 3.70. The Kier molecular flexibility index (Phi) is 2.62. The van der Waals surface area contributed by atoms with Gasteiger partial charge in [-0.2, -0.15) is 4.68 Å². The molecule has 1 heterocycles. The van der Waals surface area contributed by atoms with Gasteiger partial charge < -0.3 is 5.73 Å². The van der Waals surface area contributed by atoms with Crippen molar-refractivity contribution in [3.05, 3.63) is 35.0 Å². The Labute approximate surface area is 96.8 Å². The van der Waals surface area contributed by atoms with E-state index in [2.05, 4.69) is 10.3 Å². The van der Waals surface area contributed by atoms with Crippen LogP contribution in [0, 0.1) is 0 Å². The molecule has 16 heavy (non-hydrogen) atoms. The van der Waals surface area contributed by atoms with E-state index in [0.717, 1.165) is 0 Å². The lowest BCUT2D eigenvalue weighted by molar-refractivity contribution is 0.101. The van der Waals surface area contributed by atoms with Crippen LogP contribution in [0.1, 0.15) is 17.4 Å². The highest BCUT2D eigenvalue weighted by Crippen LogP contribution is 2.17. The maximum absolute atomic E-state index is 11.1. The molecular formula is C10H9ClN4O. The fourth-order valence-corrected chi connectivity index (χ4v) is 1.44. The first kappa shape index (κ1) is 10.6. The van der Waals surface area contributed by atoms with Crippen molar-refractivity contribution in [1.82, 2.24) is 15.0 Å². The van der Waals surface area contributed by atoms with Crippen LogP contribution in [-0.4, -0.2) is 20.8 Å². The van der Waals surface area contributed by atoms with Crippen LogP contribution in [0.4, 0.5) is 5.82 Å². The molecule has 1 aromatic carbocycles. The molecule has 0 radical (unpaired) electrons. The molecule has 2 rings (SSSR count). The quantitative estimate of drug-likeness (QED) is 0.806. The van der Waals surface area contributed by atoms with Crippen LogP contribution in [0.5, 0.6) is 0 Å². The Balaban J connectivity index is 2.49. The number of Topliss-reactive ketones (excluding diaryl/α,β-unsaturated/α-hetero) is 1.